The Balaban J connectivity index is 1.06. The van der Waals surface area contributed by atoms with Crippen molar-refractivity contribution in [3.8, 4) is 11.3 Å². The van der Waals surface area contributed by atoms with Gasteiger partial charge in [0.25, 0.3) is 11.8 Å². The number of nitrogens with one attached hydrogen (secondary N) is 3. The zero-order valence-corrected chi connectivity index (χ0v) is 28.2. The maximum Gasteiger partial charge on any atom is 0.272 e. The molecule has 0 atom stereocenters. The molecule has 6 rings (SSSR count). The Hall–Kier alpha value is -4.93. The van der Waals surface area contributed by atoms with Gasteiger partial charge >= 0.3 is 0 Å². The predicted octanol–water partition coefficient (Wildman–Crippen LogP) is 9.41. The lowest BCUT2D eigenvalue weighted by Crippen LogP contribution is -2.30. The summed E-state index contributed by atoms with van der Waals surface area (Å²) in [5.74, 6) is -1.01. The molecule has 6 aromatic rings. The molecule has 3 N–H and O–H groups in total. The monoisotopic (exact) mass is 708 g/mol. The van der Waals surface area contributed by atoms with E-state index in [0.29, 0.717) is 27.0 Å². The topological polar surface area (TPSA) is 100 Å². The highest BCUT2D eigenvalue weighted by Gasteiger charge is 2.17. The lowest BCUT2D eigenvalue weighted by Gasteiger charge is -2.12. The number of carbonyl (C=O) groups is 3. The number of carbonyl (C=O) groups excluding carboxylic acids is 3. The molecule has 0 bridgehead atoms. The third-order valence-electron chi connectivity index (χ3n) is 7.09. The van der Waals surface area contributed by atoms with Crippen molar-refractivity contribution in [1.82, 2.24) is 10.3 Å². The fourth-order valence-corrected chi connectivity index (χ4v) is 6.48. The maximum absolute atomic E-state index is 13.4. The van der Waals surface area contributed by atoms with Crippen molar-refractivity contribution in [2.45, 2.75) is 4.90 Å². The predicted molar refractivity (Wildman–Crippen MR) is 198 cm³/mol. The number of nitrogens with zero attached hydrogens (tertiary/aromatic N) is 1. The van der Waals surface area contributed by atoms with Gasteiger partial charge in [0.05, 0.1) is 21.5 Å². The Morgan fingerprint density at radius 1 is 0.792 bits per heavy atom. The summed E-state index contributed by atoms with van der Waals surface area (Å²) in [6, 6.07) is 34.9. The summed E-state index contributed by atoms with van der Waals surface area (Å²) in [6.07, 6.45) is 1.47. The van der Waals surface area contributed by atoms with Gasteiger partial charge in [-0.1, -0.05) is 89.9 Å². The average Bonchev–Trinajstić information content (AvgIpc) is 3.58. The van der Waals surface area contributed by atoms with Gasteiger partial charge in [0.15, 0.2) is 5.13 Å². The standard InChI is InChI=1S/C37H26Cl2N4O3S2/c38-30-12-6-11-27(34(30)39)20-31(41-35(45)24-8-2-1-3-9-24)36(46)40-28-15-17-29(18-16-28)47-22-33(44)43-37-42-32(21-48-37)26-14-13-23-7-4-5-10-25(23)19-26/h1-21H,22H2,(H,40,46)(H,41,45)(H,42,43,44)/b31-20-. The fourth-order valence-electron chi connectivity index (χ4n) is 4.68. The number of thioether (sulfide) groups is 1. The van der Waals surface area contributed by atoms with Crippen LogP contribution in [-0.2, 0) is 9.59 Å². The molecular formula is C37H26Cl2N4O3S2. The van der Waals surface area contributed by atoms with E-state index in [2.05, 4.69) is 45.2 Å². The molecule has 0 spiro atoms. The summed E-state index contributed by atoms with van der Waals surface area (Å²) in [5.41, 5.74) is 3.12. The number of aromatic nitrogens is 1. The largest absolute Gasteiger partial charge is 0.321 e. The van der Waals surface area contributed by atoms with Crippen LogP contribution in [-0.4, -0.2) is 28.5 Å². The molecule has 0 aliphatic heterocycles. The van der Waals surface area contributed by atoms with Gasteiger partial charge < -0.3 is 16.0 Å². The van der Waals surface area contributed by atoms with Crippen LogP contribution in [0.25, 0.3) is 28.1 Å². The van der Waals surface area contributed by atoms with Crippen LogP contribution in [0.4, 0.5) is 10.8 Å². The smallest absolute Gasteiger partial charge is 0.272 e. The van der Waals surface area contributed by atoms with Crippen LogP contribution in [0.3, 0.4) is 0 Å². The third-order valence-corrected chi connectivity index (χ3v) is 9.69. The first-order valence-electron chi connectivity index (χ1n) is 14.6. The number of hydrogen-bond acceptors (Lipinski definition) is 6. The van der Waals surface area contributed by atoms with Crippen molar-refractivity contribution in [3.05, 3.63) is 148 Å². The van der Waals surface area contributed by atoms with E-state index in [0.717, 1.165) is 26.9 Å². The molecule has 48 heavy (non-hydrogen) atoms. The zero-order valence-electron chi connectivity index (χ0n) is 25.1. The summed E-state index contributed by atoms with van der Waals surface area (Å²) in [7, 11) is 0. The van der Waals surface area contributed by atoms with Crippen LogP contribution >= 0.6 is 46.3 Å². The van der Waals surface area contributed by atoms with E-state index >= 15 is 0 Å². The Kier molecular flexibility index (Phi) is 10.5. The fraction of sp³-hybridized carbons (Fsp3) is 0.0270. The second-order valence-corrected chi connectivity index (χ2v) is 13.1. The van der Waals surface area contributed by atoms with Gasteiger partial charge in [0.1, 0.15) is 5.70 Å². The number of fused-ring (bicyclic) bond motifs is 1. The van der Waals surface area contributed by atoms with Crippen molar-refractivity contribution in [2.24, 2.45) is 0 Å². The Morgan fingerprint density at radius 2 is 1.54 bits per heavy atom. The van der Waals surface area contributed by atoms with Crippen LogP contribution in [0.15, 0.2) is 131 Å². The molecule has 0 aliphatic rings. The van der Waals surface area contributed by atoms with Gasteiger partial charge in [0, 0.05) is 27.1 Å². The Morgan fingerprint density at radius 3 is 2.33 bits per heavy atom. The molecule has 0 saturated carbocycles. The van der Waals surface area contributed by atoms with E-state index < -0.39 is 11.8 Å². The lowest BCUT2D eigenvalue weighted by atomic mass is 10.1. The van der Waals surface area contributed by atoms with Crippen molar-refractivity contribution in [2.75, 3.05) is 16.4 Å². The van der Waals surface area contributed by atoms with Gasteiger partial charge in [-0.3, -0.25) is 14.4 Å². The quantitative estimate of drug-likeness (QED) is 0.0973. The summed E-state index contributed by atoms with van der Waals surface area (Å²) < 4.78 is 0. The van der Waals surface area contributed by atoms with Gasteiger partial charge in [-0.15, -0.1) is 23.1 Å². The highest BCUT2D eigenvalue weighted by molar-refractivity contribution is 8.00. The first-order chi connectivity index (χ1) is 23.3. The summed E-state index contributed by atoms with van der Waals surface area (Å²) in [4.78, 5) is 44.4. The van der Waals surface area contributed by atoms with Crippen molar-refractivity contribution >= 4 is 91.7 Å². The van der Waals surface area contributed by atoms with Gasteiger partial charge in [-0.2, -0.15) is 0 Å². The average molecular weight is 710 g/mol. The van der Waals surface area contributed by atoms with E-state index in [-0.39, 0.29) is 22.4 Å². The normalized spacial score (nSPS) is 11.2. The van der Waals surface area contributed by atoms with Crippen LogP contribution in [0.1, 0.15) is 15.9 Å². The number of halogens is 2. The van der Waals surface area contributed by atoms with Gasteiger partial charge in [-0.25, -0.2) is 4.98 Å². The van der Waals surface area contributed by atoms with Crippen molar-refractivity contribution in [3.63, 3.8) is 0 Å². The molecule has 0 unspecified atom stereocenters. The van der Waals surface area contributed by atoms with Gasteiger partial charge in [-0.05, 0) is 70.9 Å². The molecule has 3 amide bonds. The van der Waals surface area contributed by atoms with Crippen LogP contribution < -0.4 is 16.0 Å². The van der Waals surface area contributed by atoms with E-state index in [1.165, 1.54) is 29.2 Å². The number of anilines is 2. The lowest BCUT2D eigenvalue weighted by molar-refractivity contribution is -0.114. The molecule has 238 valence electrons. The number of thiazole rings is 1. The van der Waals surface area contributed by atoms with E-state index in [1.54, 1.807) is 72.8 Å². The van der Waals surface area contributed by atoms with Crippen molar-refractivity contribution in [1.29, 1.82) is 0 Å². The first-order valence-corrected chi connectivity index (χ1v) is 17.3. The van der Waals surface area contributed by atoms with E-state index in [1.807, 2.05) is 23.6 Å². The second kappa shape index (κ2) is 15.3. The Bertz CT molecular complexity index is 2150. The minimum atomic E-state index is -0.554. The summed E-state index contributed by atoms with van der Waals surface area (Å²) >= 11 is 15.3. The number of amides is 3. The first kappa shape index (κ1) is 33.0. The number of hydrogen-bond donors (Lipinski definition) is 3. The third kappa shape index (κ3) is 8.31. The minimum absolute atomic E-state index is 0.0194. The van der Waals surface area contributed by atoms with Gasteiger partial charge in [0.2, 0.25) is 5.91 Å². The van der Waals surface area contributed by atoms with E-state index in [9.17, 15) is 14.4 Å². The molecule has 1 heterocycles. The van der Waals surface area contributed by atoms with Crippen LogP contribution in [0.5, 0.6) is 0 Å². The second-order valence-electron chi connectivity index (χ2n) is 10.4. The molecule has 5 aromatic carbocycles. The highest BCUT2D eigenvalue weighted by atomic mass is 35.5. The molecule has 0 fully saturated rings. The SMILES string of the molecule is O=C(CSc1ccc(NC(=O)/C(=C/c2cccc(Cl)c2Cl)NC(=O)c2ccccc2)cc1)Nc1nc(-c2ccc3ccccc3c2)cs1. The van der Waals surface area contributed by atoms with Crippen LogP contribution in [0.2, 0.25) is 10.0 Å². The summed E-state index contributed by atoms with van der Waals surface area (Å²) in [6.45, 7) is 0. The molecule has 0 aliphatic carbocycles. The molecule has 0 saturated heterocycles. The summed E-state index contributed by atoms with van der Waals surface area (Å²) in [5, 5.41) is 13.7. The molecule has 1 aromatic heterocycles. The molecule has 0 radical (unpaired) electrons. The van der Waals surface area contributed by atoms with E-state index in [4.69, 9.17) is 23.2 Å². The number of rotatable bonds is 10. The van der Waals surface area contributed by atoms with Crippen molar-refractivity contribution < 1.29 is 14.4 Å². The molecular weight excluding hydrogens is 683 g/mol. The highest BCUT2D eigenvalue weighted by Crippen LogP contribution is 2.29. The minimum Gasteiger partial charge on any atom is -0.321 e. The maximum atomic E-state index is 13.4. The zero-order chi connectivity index (χ0) is 33.5. The number of benzene rings is 5. The van der Waals surface area contributed by atoms with Crippen LogP contribution in [0, 0.1) is 0 Å². The molecule has 7 nitrogen and oxygen atoms in total. The Labute approximate surface area is 295 Å². The molecule has 11 heteroatoms.